The Hall–Kier alpha value is -3.94. The molecule has 0 aliphatic rings. The lowest BCUT2D eigenvalue weighted by atomic mass is 9.85. The van der Waals surface area contributed by atoms with Crippen molar-refractivity contribution >= 4 is 17.8 Å². The first-order chi connectivity index (χ1) is 17.1. The van der Waals surface area contributed by atoms with Crippen molar-refractivity contribution in [1.82, 2.24) is 15.2 Å². The summed E-state index contributed by atoms with van der Waals surface area (Å²) >= 11 is 0. The van der Waals surface area contributed by atoms with E-state index in [1.54, 1.807) is 35.2 Å². The number of halogens is 1. The molecule has 190 valence electrons. The SMILES string of the molecule is CNC(=O)[C@@H](NC(=O)[C@@H](CC(=O)OCc1ccccc1)c1ccn(-c2ccc(F)cc2)c1)C(C)(C)C. The predicted octanol–water partition coefficient (Wildman–Crippen LogP) is 4.11. The molecular formula is C28H32FN3O4. The molecule has 0 unspecified atom stereocenters. The Morgan fingerprint density at radius 3 is 2.25 bits per heavy atom. The normalized spacial score (nSPS) is 12.9. The molecule has 3 rings (SSSR count). The molecule has 2 aromatic carbocycles. The van der Waals surface area contributed by atoms with E-state index in [-0.39, 0.29) is 24.8 Å². The molecule has 0 saturated heterocycles. The van der Waals surface area contributed by atoms with Gasteiger partial charge >= 0.3 is 5.97 Å². The van der Waals surface area contributed by atoms with Crippen molar-refractivity contribution in [2.24, 2.45) is 5.41 Å². The monoisotopic (exact) mass is 493 g/mol. The van der Waals surface area contributed by atoms with E-state index in [0.717, 1.165) is 5.56 Å². The van der Waals surface area contributed by atoms with Gasteiger partial charge in [-0.25, -0.2) is 4.39 Å². The van der Waals surface area contributed by atoms with Crippen LogP contribution in [0, 0.1) is 11.2 Å². The second-order valence-electron chi connectivity index (χ2n) is 9.65. The van der Waals surface area contributed by atoms with Crippen LogP contribution in [0.3, 0.4) is 0 Å². The zero-order chi connectivity index (χ0) is 26.3. The van der Waals surface area contributed by atoms with Crippen molar-refractivity contribution in [3.63, 3.8) is 0 Å². The van der Waals surface area contributed by atoms with Gasteiger partial charge in [0.2, 0.25) is 11.8 Å². The fourth-order valence-corrected chi connectivity index (χ4v) is 3.78. The highest BCUT2D eigenvalue weighted by Gasteiger charge is 2.35. The first-order valence-electron chi connectivity index (χ1n) is 11.7. The number of nitrogens with zero attached hydrogens (tertiary/aromatic N) is 1. The maximum Gasteiger partial charge on any atom is 0.307 e. The Kier molecular flexibility index (Phi) is 8.64. The summed E-state index contributed by atoms with van der Waals surface area (Å²) in [6.07, 6.45) is 3.24. The minimum Gasteiger partial charge on any atom is -0.461 e. The molecule has 3 aromatic rings. The molecule has 0 saturated carbocycles. The number of amides is 2. The van der Waals surface area contributed by atoms with Crippen LogP contribution in [0.2, 0.25) is 0 Å². The van der Waals surface area contributed by atoms with Gasteiger partial charge in [-0.15, -0.1) is 0 Å². The molecule has 0 aliphatic heterocycles. The van der Waals surface area contributed by atoms with Crippen LogP contribution in [0.5, 0.6) is 0 Å². The number of benzene rings is 2. The van der Waals surface area contributed by atoms with Gasteiger partial charge in [-0.2, -0.15) is 0 Å². The summed E-state index contributed by atoms with van der Waals surface area (Å²) < 4.78 is 20.5. The second kappa shape index (κ2) is 11.7. The first kappa shape index (κ1) is 26.7. The van der Waals surface area contributed by atoms with Gasteiger partial charge in [0.1, 0.15) is 18.5 Å². The number of esters is 1. The molecule has 7 nitrogen and oxygen atoms in total. The van der Waals surface area contributed by atoms with Gasteiger partial charge in [-0.1, -0.05) is 51.1 Å². The van der Waals surface area contributed by atoms with Gasteiger partial charge in [0, 0.05) is 25.1 Å². The molecule has 2 atom stereocenters. The number of carbonyl (C=O) groups is 3. The van der Waals surface area contributed by atoms with Crippen LogP contribution in [0.1, 0.15) is 44.2 Å². The van der Waals surface area contributed by atoms with Gasteiger partial charge in [0.25, 0.3) is 0 Å². The summed E-state index contributed by atoms with van der Waals surface area (Å²) in [6.45, 7) is 5.64. The molecule has 0 spiro atoms. The lowest BCUT2D eigenvalue weighted by Crippen LogP contribution is -2.54. The third-order valence-corrected chi connectivity index (χ3v) is 5.83. The van der Waals surface area contributed by atoms with Crippen LogP contribution in [0.25, 0.3) is 5.69 Å². The Morgan fingerprint density at radius 1 is 0.972 bits per heavy atom. The minimum absolute atomic E-state index is 0.0907. The maximum absolute atomic E-state index is 13.5. The van der Waals surface area contributed by atoms with Crippen LogP contribution in [0.15, 0.2) is 73.1 Å². The molecule has 2 N–H and O–H groups in total. The second-order valence-corrected chi connectivity index (χ2v) is 9.65. The van der Waals surface area contributed by atoms with Crippen LogP contribution in [-0.2, 0) is 25.7 Å². The quantitative estimate of drug-likeness (QED) is 0.439. The number of hydrogen-bond donors (Lipinski definition) is 2. The Balaban J connectivity index is 1.84. The summed E-state index contributed by atoms with van der Waals surface area (Å²) in [5.74, 6) is -2.59. The van der Waals surface area contributed by atoms with Gasteiger partial charge in [-0.3, -0.25) is 14.4 Å². The Labute approximate surface area is 210 Å². The van der Waals surface area contributed by atoms with Crippen molar-refractivity contribution in [3.8, 4) is 5.69 Å². The van der Waals surface area contributed by atoms with Crippen LogP contribution in [0.4, 0.5) is 4.39 Å². The topological polar surface area (TPSA) is 89.4 Å². The minimum atomic E-state index is -0.899. The standard InChI is InChI=1S/C28H32FN3O4/c1-28(2,3)25(27(35)30-4)31-26(34)23(16-24(33)36-18-19-8-6-5-7-9-19)20-14-15-32(17-20)22-12-10-21(29)11-13-22/h5-15,17,23,25H,16,18H2,1-4H3,(H,30,35)(H,31,34)/t23-,25+/m0/s1. The van der Waals surface area contributed by atoms with Crippen molar-refractivity contribution < 1.29 is 23.5 Å². The van der Waals surface area contributed by atoms with Gasteiger partial charge in [0.15, 0.2) is 0 Å². The van der Waals surface area contributed by atoms with Gasteiger partial charge in [0.05, 0.1) is 12.3 Å². The van der Waals surface area contributed by atoms with E-state index in [0.29, 0.717) is 11.3 Å². The number of aromatic nitrogens is 1. The first-order valence-corrected chi connectivity index (χ1v) is 11.7. The van der Waals surface area contributed by atoms with Crippen LogP contribution in [-0.4, -0.2) is 35.4 Å². The van der Waals surface area contributed by atoms with Gasteiger partial charge in [-0.05, 0) is 46.9 Å². The average molecular weight is 494 g/mol. The molecule has 2 amide bonds. The molecule has 0 radical (unpaired) electrons. The summed E-state index contributed by atoms with van der Waals surface area (Å²) in [7, 11) is 1.51. The molecule has 0 aliphatic carbocycles. The summed E-state index contributed by atoms with van der Waals surface area (Å²) in [6, 6.07) is 16.1. The highest BCUT2D eigenvalue weighted by molar-refractivity contribution is 5.93. The van der Waals surface area contributed by atoms with E-state index >= 15 is 0 Å². The zero-order valence-corrected chi connectivity index (χ0v) is 21.0. The van der Waals surface area contributed by atoms with E-state index in [2.05, 4.69) is 10.6 Å². The zero-order valence-electron chi connectivity index (χ0n) is 21.0. The van der Waals surface area contributed by atoms with Crippen LogP contribution < -0.4 is 10.6 Å². The number of likely N-dealkylation sites (N-methyl/N-ethyl adjacent to an activating group) is 1. The highest BCUT2D eigenvalue weighted by Crippen LogP contribution is 2.26. The molecular weight excluding hydrogens is 461 g/mol. The van der Waals surface area contributed by atoms with E-state index in [9.17, 15) is 18.8 Å². The number of nitrogens with one attached hydrogen (secondary N) is 2. The lowest BCUT2D eigenvalue weighted by Gasteiger charge is -2.31. The predicted molar refractivity (Wildman–Crippen MR) is 135 cm³/mol. The van der Waals surface area contributed by atoms with Crippen molar-refractivity contribution in [3.05, 3.63) is 90.0 Å². The lowest BCUT2D eigenvalue weighted by molar-refractivity contribution is -0.147. The van der Waals surface area contributed by atoms with E-state index < -0.39 is 29.3 Å². The smallest absolute Gasteiger partial charge is 0.307 e. The highest BCUT2D eigenvalue weighted by atomic mass is 19.1. The number of rotatable bonds is 9. The van der Waals surface area contributed by atoms with Gasteiger partial charge < -0.3 is 19.9 Å². The summed E-state index contributed by atoms with van der Waals surface area (Å²) in [4.78, 5) is 38.7. The van der Waals surface area contributed by atoms with E-state index in [4.69, 9.17) is 4.74 Å². The molecule has 1 aromatic heterocycles. The fraction of sp³-hybridized carbons (Fsp3) is 0.321. The number of carbonyl (C=O) groups excluding carboxylic acids is 3. The Bertz CT molecular complexity index is 1180. The third kappa shape index (κ3) is 7.04. The third-order valence-electron chi connectivity index (χ3n) is 5.83. The Morgan fingerprint density at radius 2 is 1.64 bits per heavy atom. The average Bonchev–Trinajstić information content (AvgIpc) is 3.34. The molecule has 1 heterocycles. The number of hydrogen-bond acceptors (Lipinski definition) is 4. The number of ether oxygens (including phenoxy) is 1. The van der Waals surface area contributed by atoms with E-state index in [1.807, 2.05) is 51.1 Å². The van der Waals surface area contributed by atoms with Crippen molar-refractivity contribution in [2.45, 2.75) is 45.8 Å². The fourth-order valence-electron chi connectivity index (χ4n) is 3.78. The maximum atomic E-state index is 13.5. The molecule has 0 fully saturated rings. The summed E-state index contributed by atoms with van der Waals surface area (Å²) in [5, 5.41) is 5.41. The molecule has 8 heteroatoms. The molecule has 36 heavy (non-hydrogen) atoms. The van der Waals surface area contributed by atoms with E-state index in [1.165, 1.54) is 19.2 Å². The van der Waals surface area contributed by atoms with Crippen molar-refractivity contribution in [1.29, 1.82) is 0 Å². The van der Waals surface area contributed by atoms with Crippen LogP contribution >= 0.6 is 0 Å². The largest absolute Gasteiger partial charge is 0.461 e. The van der Waals surface area contributed by atoms with Crippen molar-refractivity contribution in [2.75, 3.05) is 7.05 Å². The summed E-state index contributed by atoms with van der Waals surface area (Å²) in [5.41, 5.74) is 1.54. The molecule has 0 bridgehead atoms.